The van der Waals surface area contributed by atoms with Gasteiger partial charge in [-0.05, 0) is 36.2 Å². The van der Waals surface area contributed by atoms with Crippen LogP contribution in [0.2, 0.25) is 0 Å². The van der Waals surface area contributed by atoms with E-state index in [2.05, 4.69) is 50.5 Å². The molecule has 1 atom stereocenters. The van der Waals surface area contributed by atoms with Crippen LogP contribution < -0.4 is 5.32 Å². The molecule has 3 nitrogen and oxygen atoms in total. The van der Waals surface area contributed by atoms with Crippen molar-refractivity contribution in [2.45, 2.75) is 12.3 Å². The topological polar surface area (TPSA) is 38.1 Å². The average molecular weight is 329 g/mol. The van der Waals surface area contributed by atoms with Gasteiger partial charge in [-0.25, -0.2) is 4.98 Å². The molecule has 0 fully saturated rings. The van der Waals surface area contributed by atoms with Gasteiger partial charge in [0.05, 0.1) is 5.92 Å². The molecule has 2 aromatic carbocycles. The number of aromatic nitrogens is 1. The van der Waals surface area contributed by atoms with Gasteiger partial charge in [0.2, 0.25) is 5.89 Å². The van der Waals surface area contributed by atoms with Crippen LogP contribution in [0.4, 0.5) is 5.69 Å². The number of oxazole rings is 1. The third-order valence-corrected chi connectivity index (χ3v) is 4.24. The summed E-state index contributed by atoms with van der Waals surface area (Å²) in [7, 11) is 0. The number of nitrogens with zero attached hydrogens (tertiary/aromatic N) is 1. The molecule has 20 heavy (non-hydrogen) atoms. The summed E-state index contributed by atoms with van der Waals surface area (Å²) in [5, 5.41) is 3.43. The standard InChI is InChI=1S/C16H13BrN2O/c17-10-5-6-15-14(9-10)19-16(20-15)12-7-8-18-13-4-2-1-3-11(12)13/h1-6,9,12,18H,7-8H2. The van der Waals surface area contributed by atoms with Crippen LogP contribution in [0.1, 0.15) is 23.8 Å². The van der Waals surface area contributed by atoms with Gasteiger partial charge in [-0.3, -0.25) is 0 Å². The molecule has 0 saturated carbocycles. The smallest absolute Gasteiger partial charge is 0.203 e. The van der Waals surface area contributed by atoms with E-state index in [-0.39, 0.29) is 5.92 Å². The highest BCUT2D eigenvalue weighted by Crippen LogP contribution is 2.37. The Morgan fingerprint density at radius 3 is 3.05 bits per heavy atom. The Bertz CT molecular complexity index is 781. The number of benzene rings is 2. The minimum Gasteiger partial charge on any atom is -0.440 e. The number of halogens is 1. The molecule has 3 aromatic rings. The van der Waals surface area contributed by atoms with Gasteiger partial charge in [-0.2, -0.15) is 0 Å². The van der Waals surface area contributed by atoms with E-state index in [1.165, 1.54) is 11.3 Å². The van der Waals surface area contributed by atoms with Crippen molar-refractivity contribution in [3.63, 3.8) is 0 Å². The van der Waals surface area contributed by atoms with E-state index in [0.717, 1.165) is 34.4 Å². The molecule has 1 aromatic heterocycles. The molecule has 0 spiro atoms. The zero-order valence-corrected chi connectivity index (χ0v) is 12.4. The van der Waals surface area contributed by atoms with Crippen LogP contribution >= 0.6 is 15.9 Å². The van der Waals surface area contributed by atoms with Gasteiger partial charge in [0.1, 0.15) is 5.52 Å². The van der Waals surface area contributed by atoms with Crippen LogP contribution in [0.3, 0.4) is 0 Å². The van der Waals surface area contributed by atoms with E-state index in [9.17, 15) is 0 Å². The fraction of sp³-hybridized carbons (Fsp3) is 0.188. The summed E-state index contributed by atoms with van der Waals surface area (Å²) in [6, 6.07) is 14.3. The molecule has 0 aliphatic carbocycles. The molecule has 1 aliphatic rings. The van der Waals surface area contributed by atoms with Crippen LogP contribution in [-0.4, -0.2) is 11.5 Å². The number of hydrogen-bond acceptors (Lipinski definition) is 3. The maximum Gasteiger partial charge on any atom is 0.203 e. The number of hydrogen-bond donors (Lipinski definition) is 1. The first-order valence-corrected chi connectivity index (χ1v) is 7.49. The number of nitrogens with one attached hydrogen (secondary N) is 1. The zero-order chi connectivity index (χ0) is 13.5. The van der Waals surface area contributed by atoms with Crippen molar-refractivity contribution in [3.05, 3.63) is 58.4 Å². The Morgan fingerprint density at radius 2 is 2.10 bits per heavy atom. The van der Waals surface area contributed by atoms with Crippen molar-refractivity contribution >= 4 is 32.7 Å². The maximum absolute atomic E-state index is 5.96. The predicted molar refractivity (Wildman–Crippen MR) is 83.1 cm³/mol. The number of anilines is 1. The first kappa shape index (κ1) is 12.0. The first-order chi connectivity index (χ1) is 9.81. The molecule has 1 aliphatic heterocycles. The molecule has 100 valence electrons. The molecular formula is C16H13BrN2O. The van der Waals surface area contributed by atoms with Crippen LogP contribution in [-0.2, 0) is 0 Å². The van der Waals surface area contributed by atoms with E-state index in [4.69, 9.17) is 4.42 Å². The Morgan fingerprint density at radius 1 is 1.20 bits per heavy atom. The van der Waals surface area contributed by atoms with Gasteiger partial charge in [0.15, 0.2) is 5.58 Å². The predicted octanol–water partition coefficient (Wildman–Crippen LogP) is 4.54. The van der Waals surface area contributed by atoms with Crippen molar-refractivity contribution in [1.82, 2.24) is 4.98 Å². The lowest BCUT2D eigenvalue weighted by atomic mass is 9.91. The SMILES string of the molecule is Brc1ccc2oc(C3CCNc4ccccc43)nc2c1. The number of para-hydroxylation sites is 1. The van der Waals surface area contributed by atoms with Gasteiger partial charge in [0.25, 0.3) is 0 Å². The zero-order valence-electron chi connectivity index (χ0n) is 10.8. The third kappa shape index (κ3) is 1.91. The molecule has 4 rings (SSSR count). The molecular weight excluding hydrogens is 316 g/mol. The molecule has 0 amide bonds. The van der Waals surface area contributed by atoms with Gasteiger partial charge in [-0.15, -0.1) is 0 Å². The summed E-state index contributed by atoms with van der Waals surface area (Å²) < 4.78 is 6.98. The molecule has 2 heterocycles. The molecule has 1 unspecified atom stereocenters. The Balaban J connectivity index is 1.84. The van der Waals surface area contributed by atoms with Crippen LogP contribution in [0, 0.1) is 0 Å². The molecule has 1 N–H and O–H groups in total. The molecule has 0 radical (unpaired) electrons. The van der Waals surface area contributed by atoms with E-state index >= 15 is 0 Å². The summed E-state index contributed by atoms with van der Waals surface area (Å²) in [5.41, 5.74) is 4.21. The highest BCUT2D eigenvalue weighted by atomic mass is 79.9. The van der Waals surface area contributed by atoms with Crippen molar-refractivity contribution in [1.29, 1.82) is 0 Å². The summed E-state index contributed by atoms with van der Waals surface area (Å²) in [5.74, 6) is 1.05. The van der Waals surface area contributed by atoms with Gasteiger partial charge in [0, 0.05) is 16.7 Å². The van der Waals surface area contributed by atoms with Crippen molar-refractivity contribution in [2.75, 3.05) is 11.9 Å². The lowest BCUT2D eigenvalue weighted by molar-refractivity contribution is 0.485. The van der Waals surface area contributed by atoms with Crippen molar-refractivity contribution in [3.8, 4) is 0 Å². The number of fused-ring (bicyclic) bond motifs is 2. The normalized spacial score (nSPS) is 17.8. The second-order valence-electron chi connectivity index (χ2n) is 5.02. The lowest BCUT2D eigenvalue weighted by Crippen LogP contribution is -2.17. The second kappa shape index (κ2) is 4.63. The van der Waals surface area contributed by atoms with Crippen LogP contribution in [0.15, 0.2) is 51.4 Å². The molecule has 0 bridgehead atoms. The molecule has 0 saturated heterocycles. The van der Waals surface area contributed by atoms with Crippen LogP contribution in [0.25, 0.3) is 11.1 Å². The van der Waals surface area contributed by atoms with E-state index in [1.807, 2.05) is 18.2 Å². The number of rotatable bonds is 1. The summed E-state index contributed by atoms with van der Waals surface area (Å²) in [6.07, 6.45) is 1.00. The van der Waals surface area contributed by atoms with E-state index in [0.29, 0.717) is 0 Å². The summed E-state index contributed by atoms with van der Waals surface area (Å²) in [6.45, 7) is 0.949. The quantitative estimate of drug-likeness (QED) is 0.712. The van der Waals surface area contributed by atoms with Gasteiger partial charge < -0.3 is 9.73 Å². The third-order valence-electron chi connectivity index (χ3n) is 3.75. The fourth-order valence-electron chi connectivity index (χ4n) is 2.79. The Kier molecular flexibility index (Phi) is 2.77. The highest BCUT2D eigenvalue weighted by Gasteiger charge is 2.25. The van der Waals surface area contributed by atoms with Gasteiger partial charge in [-0.1, -0.05) is 34.1 Å². The maximum atomic E-state index is 5.96. The van der Waals surface area contributed by atoms with Gasteiger partial charge >= 0.3 is 0 Å². The van der Waals surface area contributed by atoms with Crippen LogP contribution in [0.5, 0.6) is 0 Å². The lowest BCUT2D eigenvalue weighted by Gasteiger charge is -2.24. The summed E-state index contributed by atoms with van der Waals surface area (Å²) >= 11 is 3.47. The highest BCUT2D eigenvalue weighted by molar-refractivity contribution is 9.10. The van der Waals surface area contributed by atoms with E-state index < -0.39 is 0 Å². The molecule has 4 heteroatoms. The second-order valence-corrected chi connectivity index (χ2v) is 5.94. The minimum absolute atomic E-state index is 0.235. The largest absolute Gasteiger partial charge is 0.440 e. The minimum atomic E-state index is 0.235. The Hall–Kier alpha value is -1.81. The monoisotopic (exact) mass is 328 g/mol. The van der Waals surface area contributed by atoms with Crippen molar-refractivity contribution in [2.24, 2.45) is 0 Å². The van der Waals surface area contributed by atoms with E-state index in [1.54, 1.807) is 0 Å². The first-order valence-electron chi connectivity index (χ1n) is 6.70. The van der Waals surface area contributed by atoms with Crippen molar-refractivity contribution < 1.29 is 4.42 Å². The fourth-order valence-corrected chi connectivity index (χ4v) is 3.14. The summed E-state index contributed by atoms with van der Waals surface area (Å²) in [4.78, 5) is 4.67. The Labute approximate surface area is 125 Å². The average Bonchev–Trinajstić information content (AvgIpc) is 2.89.